The summed E-state index contributed by atoms with van der Waals surface area (Å²) in [6.45, 7) is 2.01. The van der Waals surface area contributed by atoms with Gasteiger partial charge in [0.25, 0.3) is 0 Å². The van der Waals surface area contributed by atoms with Gasteiger partial charge in [0, 0.05) is 6.04 Å². The van der Waals surface area contributed by atoms with Crippen LogP contribution in [0.1, 0.15) is 23.6 Å². The Morgan fingerprint density at radius 2 is 1.90 bits per heavy atom. The third-order valence-corrected chi connectivity index (χ3v) is 2.94. The van der Waals surface area contributed by atoms with E-state index in [9.17, 15) is 4.79 Å². The quantitative estimate of drug-likeness (QED) is 0.875. The third-order valence-electron chi connectivity index (χ3n) is 2.94. The van der Waals surface area contributed by atoms with Gasteiger partial charge in [-0.2, -0.15) is 0 Å². The van der Waals surface area contributed by atoms with Gasteiger partial charge in [-0.1, -0.05) is 29.8 Å². The smallest absolute Gasteiger partial charge is 0.305 e. The fraction of sp³-hybridized carbons (Fsp3) is 0.188. The van der Waals surface area contributed by atoms with Gasteiger partial charge in [-0.05, 0) is 36.8 Å². The van der Waals surface area contributed by atoms with Gasteiger partial charge in [-0.15, -0.1) is 0 Å². The Morgan fingerprint density at radius 1 is 1.20 bits per heavy atom. The fourth-order valence-corrected chi connectivity index (χ4v) is 1.86. The number of carbonyl (C=O) groups is 1. The number of carboxylic acid groups (broad SMARTS) is 1. The van der Waals surface area contributed by atoms with Crippen LogP contribution in [0.5, 0.6) is 11.5 Å². The van der Waals surface area contributed by atoms with Crippen LogP contribution >= 0.6 is 0 Å². The highest BCUT2D eigenvalue weighted by Gasteiger charge is 2.11. The summed E-state index contributed by atoms with van der Waals surface area (Å²) in [7, 11) is 0. The normalized spacial score (nSPS) is 11.9. The molecule has 0 unspecified atom stereocenters. The molecule has 0 bridgehead atoms. The zero-order valence-electron chi connectivity index (χ0n) is 11.2. The number of rotatable bonds is 5. The fourth-order valence-electron chi connectivity index (χ4n) is 1.86. The van der Waals surface area contributed by atoms with Crippen molar-refractivity contribution in [2.24, 2.45) is 5.73 Å². The van der Waals surface area contributed by atoms with Crippen molar-refractivity contribution in [2.75, 3.05) is 0 Å². The molecule has 3 N–H and O–H groups in total. The molecule has 4 heteroatoms. The van der Waals surface area contributed by atoms with Crippen molar-refractivity contribution in [2.45, 2.75) is 19.4 Å². The van der Waals surface area contributed by atoms with Gasteiger partial charge < -0.3 is 15.6 Å². The van der Waals surface area contributed by atoms with E-state index >= 15 is 0 Å². The molecular weight excluding hydrogens is 254 g/mol. The van der Waals surface area contributed by atoms with Crippen LogP contribution in [-0.2, 0) is 4.79 Å². The topological polar surface area (TPSA) is 72.5 Å². The van der Waals surface area contributed by atoms with Crippen molar-refractivity contribution >= 4 is 5.97 Å². The molecule has 0 aliphatic carbocycles. The van der Waals surface area contributed by atoms with E-state index in [1.54, 1.807) is 18.2 Å². The van der Waals surface area contributed by atoms with Crippen LogP contribution in [0, 0.1) is 6.92 Å². The molecule has 0 aromatic heterocycles. The molecule has 0 amide bonds. The number of carboxylic acids is 1. The van der Waals surface area contributed by atoms with Gasteiger partial charge in [-0.3, -0.25) is 4.79 Å². The van der Waals surface area contributed by atoms with E-state index in [1.807, 2.05) is 37.3 Å². The average Bonchev–Trinajstić information content (AvgIpc) is 2.41. The Bertz CT molecular complexity index is 593. The lowest BCUT2D eigenvalue weighted by Gasteiger charge is -2.12. The Morgan fingerprint density at radius 3 is 2.55 bits per heavy atom. The highest BCUT2D eigenvalue weighted by atomic mass is 16.5. The van der Waals surface area contributed by atoms with Crippen molar-refractivity contribution in [3.8, 4) is 11.5 Å². The van der Waals surface area contributed by atoms with Gasteiger partial charge >= 0.3 is 5.97 Å². The number of benzene rings is 2. The van der Waals surface area contributed by atoms with Crippen LogP contribution in [0.15, 0.2) is 48.5 Å². The van der Waals surface area contributed by atoms with Crippen molar-refractivity contribution in [3.05, 3.63) is 59.7 Å². The molecule has 0 aliphatic heterocycles. The summed E-state index contributed by atoms with van der Waals surface area (Å²) in [6.07, 6.45) is -0.103. The van der Waals surface area contributed by atoms with Crippen LogP contribution < -0.4 is 10.5 Å². The van der Waals surface area contributed by atoms with E-state index in [1.165, 1.54) is 0 Å². The second-order valence-electron chi connectivity index (χ2n) is 4.69. The number of aliphatic carboxylic acids is 1. The van der Waals surface area contributed by atoms with Gasteiger partial charge in [0.05, 0.1) is 6.42 Å². The Kier molecular flexibility index (Phi) is 4.38. The van der Waals surface area contributed by atoms with Crippen molar-refractivity contribution in [3.63, 3.8) is 0 Å². The molecular formula is C16H17NO3. The standard InChI is InChI=1S/C16H17NO3/c1-11-5-7-13(8-6-11)20-14-4-2-3-12(9-14)15(17)10-16(18)19/h2-9,15H,10,17H2,1H3,(H,18,19)/t15-/m1/s1. The van der Waals surface area contributed by atoms with Gasteiger partial charge in [0.1, 0.15) is 11.5 Å². The lowest BCUT2D eigenvalue weighted by atomic mass is 10.0. The molecule has 0 spiro atoms. The number of ether oxygens (including phenoxy) is 1. The molecule has 4 nitrogen and oxygen atoms in total. The molecule has 0 saturated carbocycles. The minimum absolute atomic E-state index is 0.103. The lowest BCUT2D eigenvalue weighted by Crippen LogP contribution is -2.14. The predicted octanol–water partition coefficient (Wildman–Crippen LogP) is 3.26. The van der Waals surface area contributed by atoms with E-state index in [-0.39, 0.29) is 6.42 Å². The van der Waals surface area contributed by atoms with E-state index in [2.05, 4.69) is 0 Å². The van der Waals surface area contributed by atoms with Gasteiger partial charge in [0.15, 0.2) is 0 Å². The van der Waals surface area contributed by atoms with E-state index in [0.29, 0.717) is 5.75 Å². The number of hydrogen-bond donors (Lipinski definition) is 2. The molecule has 0 radical (unpaired) electrons. The summed E-state index contributed by atoms with van der Waals surface area (Å²) in [5, 5.41) is 8.76. The summed E-state index contributed by atoms with van der Waals surface area (Å²) in [5.41, 5.74) is 7.75. The summed E-state index contributed by atoms with van der Waals surface area (Å²) in [4.78, 5) is 10.7. The van der Waals surface area contributed by atoms with Gasteiger partial charge in [0.2, 0.25) is 0 Å². The number of aryl methyl sites for hydroxylation is 1. The highest BCUT2D eigenvalue weighted by molar-refractivity contribution is 5.67. The molecule has 0 aliphatic rings. The average molecular weight is 271 g/mol. The monoisotopic (exact) mass is 271 g/mol. The molecule has 2 rings (SSSR count). The minimum atomic E-state index is -0.914. The minimum Gasteiger partial charge on any atom is -0.481 e. The molecule has 2 aromatic carbocycles. The Labute approximate surface area is 117 Å². The third kappa shape index (κ3) is 3.83. The summed E-state index contributed by atoms with van der Waals surface area (Å²) >= 11 is 0. The second kappa shape index (κ2) is 6.21. The summed E-state index contributed by atoms with van der Waals surface area (Å²) in [5.74, 6) is 0.467. The molecule has 2 aromatic rings. The van der Waals surface area contributed by atoms with Crippen molar-refractivity contribution < 1.29 is 14.6 Å². The zero-order chi connectivity index (χ0) is 14.5. The zero-order valence-corrected chi connectivity index (χ0v) is 11.2. The van der Waals surface area contributed by atoms with Crippen LogP contribution in [0.3, 0.4) is 0 Å². The van der Waals surface area contributed by atoms with Gasteiger partial charge in [-0.25, -0.2) is 0 Å². The molecule has 0 fully saturated rings. The predicted molar refractivity (Wildman–Crippen MR) is 76.9 cm³/mol. The number of hydrogen-bond acceptors (Lipinski definition) is 3. The highest BCUT2D eigenvalue weighted by Crippen LogP contribution is 2.25. The lowest BCUT2D eigenvalue weighted by molar-refractivity contribution is -0.137. The molecule has 104 valence electrons. The van der Waals surface area contributed by atoms with Crippen LogP contribution in [0.25, 0.3) is 0 Å². The molecule has 0 heterocycles. The maximum Gasteiger partial charge on any atom is 0.305 e. The van der Waals surface area contributed by atoms with Crippen LogP contribution in [0.2, 0.25) is 0 Å². The first kappa shape index (κ1) is 14.1. The molecule has 20 heavy (non-hydrogen) atoms. The molecule has 0 saturated heterocycles. The first-order valence-electron chi connectivity index (χ1n) is 6.36. The van der Waals surface area contributed by atoms with Crippen LogP contribution in [0.4, 0.5) is 0 Å². The maximum atomic E-state index is 10.7. The summed E-state index contributed by atoms with van der Waals surface area (Å²) in [6, 6.07) is 14.4. The SMILES string of the molecule is Cc1ccc(Oc2cccc([C@H](N)CC(=O)O)c2)cc1. The molecule has 1 atom stereocenters. The van der Waals surface area contributed by atoms with Crippen molar-refractivity contribution in [1.29, 1.82) is 0 Å². The Hall–Kier alpha value is -2.33. The Balaban J connectivity index is 2.13. The van der Waals surface area contributed by atoms with Crippen molar-refractivity contribution in [1.82, 2.24) is 0 Å². The van der Waals surface area contributed by atoms with Crippen LogP contribution in [-0.4, -0.2) is 11.1 Å². The van der Waals surface area contributed by atoms with E-state index in [0.717, 1.165) is 16.9 Å². The second-order valence-corrected chi connectivity index (χ2v) is 4.69. The van der Waals surface area contributed by atoms with E-state index in [4.69, 9.17) is 15.6 Å². The van der Waals surface area contributed by atoms with E-state index < -0.39 is 12.0 Å². The first-order valence-corrected chi connectivity index (χ1v) is 6.36. The first-order chi connectivity index (χ1) is 9.54. The number of nitrogens with two attached hydrogens (primary N) is 1. The maximum absolute atomic E-state index is 10.7. The largest absolute Gasteiger partial charge is 0.481 e. The summed E-state index contributed by atoms with van der Waals surface area (Å²) < 4.78 is 5.73.